The van der Waals surface area contributed by atoms with Gasteiger partial charge in [0.05, 0.1) is 21.9 Å². The van der Waals surface area contributed by atoms with Crippen molar-refractivity contribution in [2.24, 2.45) is 0 Å². The molecule has 0 aliphatic carbocycles. The number of ether oxygens (including phenoxy) is 1. The van der Waals surface area contributed by atoms with E-state index in [1.807, 2.05) is 36.6 Å². The Bertz CT molecular complexity index is 1730. The van der Waals surface area contributed by atoms with E-state index in [1.165, 1.54) is 42.1 Å². The van der Waals surface area contributed by atoms with Gasteiger partial charge in [0.25, 0.3) is 5.91 Å². The first-order valence-electron chi connectivity index (χ1n) is 16.6. The van der Waals surface area contributed by atoms with Crippen molar-refractivity contribution < 1.29 is 36.6 Å². The number of benzene rings is 3. The third-order valence-electron chi connectivity index (χ3n) is 8.45. The fourth-order valence-corrected chi connectivity index (χ4v) is 8.40. The van der Waals surface area contributed by atoms with Crippen molar-refractivity contribution in [1.29, 1.82) is 0 Å². The molecule has 2 unspecified atom stereocenters. The summed E-state index contributed by atoms with van der Waals surface area (Å²) in [4.78, 5) is 29.0. The zero-order valence-corrected chi connectivity index (χ0v) is 31.0. The van der Waals surface area contributed by atoms with Crippen molar-refractivity contribution in [1.82, 2.24) is 15.4 Å². The van der Waals surface area contributed by atoms with Gasteiger partial charge in [-0.15, -0.1) is 11.8 Å². The van der Waals surface area contributed by atoms with Crippen LogP contribution < -0.4 is 25.0 Å². The smallest absolute Gasteiger partial charge is 0.258 e. The molecule has 1 heterocycles. The monoisotopic (exact) mass is 746 g/mol. The van der Waals surface area contributed by atoms with Crippen LogP contribution in [0.25, 0.3) is 0 Å². The second-order valence-electron chi connectivity index (χ2n) is 12.2. The predicted molar refractivity (Wildman–Crippen MR) is 197 cm³/mol. The number of phenolic OH excluding ortho intramolecular Hbond substituents is 1. The van der Waals surface area contributed by atoms with E-state index in [0.717, 1.165) is 31.4 Å². The number of para-hydroxylation sites is 1. The van der Waals surface area contributed by atoms with Crippen LogP contribution in [0.1, 0.15) is 64.0 Å². The second-order valence-corrected chi connectivity index (χ2v) is 15.7. The van der Waals surface area contributed by atoms with Crippen molar-refractivity contribution in [3.63, 3.8) is 0 Å². The van der Waals surface area contributed by atoms with E-state index >= 15 is 0 Å². The number of hydrogen-bond donors (Lipinski definition) is 5. The molecule has 0 radical (unpaired) electrons. The van der Waals surface area contributed by atoms with Gasteiger partial charge in [0.15, 0.2) is 17.7 Å². The minimum absolute atomic E-state index is 0.0331. The maximum absolute atomic E-state index is 14.3. The molecule has 3 aromatic carbocycles. The van der Waals surface area contributed by atoms with Crippen LogP contribution >= 0.6 is 11.8 Å². The number of hydrogen-bond acceptors (Lipinski definition) is 9. The third-order valence-corrected chi connectivity index (χ3v) is 11.4. The van der Waals surface area contributed by atoms with Crippen molar-refractivity contribution in [3.8, 4) is 11.5 Å². The Balaban J connectivity index is 1.66. The summed E-state index contributed by atoms with van der Waals surface area (Å²) in [6.45, 7) is 3.98. The van der Waals surface area contributed by atoms with E-state index in [4.69, 9.17) is 9.29 Å². The molecule has 0 fully saturated rings. The summed E-state index contributed by atoms with van der Waals surface area (Å²) in [5.74, 6) is -1.34. The molecule has 0 bridgehead atoms. The van der Waals surface area contributed by atoms with Crippen LogP contribution in [-0.4, -0.2) is 71.3 Å². The van der Waals surface area contributed by atoms with Gasteiger partial charge in [0, 0.05) is 24.8 Å². The first-order valence-corrected chi connectivity index (χ1v) is 20.5. The Hall–Kier alpha value is -3.63. The number of carbonyl (C=O) groups excluding carboxylic acids is 2. The lowest BCUT2D eigenvalue weighted by Gasteiger charge is -2.37. The van der Waals surface area contributed by atoms with Gasteiger partial charge in [-0.1, -0.05) is 69.9 Å². The molecule has 0 saturated carbocycles. The van der Waals surface area contributed by atoms with Crippen LogP contribution in [0.4, 0.5) is 11.4 Å². The number of nitrogens with one attached hydrogen (secondary N) is 3. The highest BCUT2D eigenvalue weighted by Gasteiger charge is 2.42. The van der Waals surface area contributed by atoms with Crippen LogP contribution in [0.5, 0.6) is 11.5 Å². The van der Waals surface area contributed by atoms with Crippen LogP contribution in [0.3, 0.4) is 0 Å². The summed E-state index contributed by atoms with van der Waals surface area (Å²) in [7, 11) is -4.05. The Morgan fingerprint density at radius 1 is 1.06 bits per heavy atom. The molecule has 0 aromatic heterocycles. The lowest BCUT2D eigenvalue weighted by molar-refractivity contribution is -0.130. The molecule has 4 rings (SSSR count). The number of sulfonamides is 1. The van der Waals surface area contributed by atoms with E-state index in [1.54, 1.807) is 6.07 Å². The minimum atomic E-state index is -4.05. The number of carbonyl (C=O) groups is 2. The van der Waals surface area contributed by atoms with E-state index in [-0.39, 0.29) is 28.7 Å². The van der Waals surface area contributed by atoms with Gasteiger partial charge in [-0.3, -0.25) is 9.59 Å². The van der Waals surface area contributed by atoms with Crippen molar-refractivity contribution in [3.05, 3.63) is 72.3 Å². The van der Waals surface area contributed by atoms with Crippen molar-refractivity contribution in [2.45, 2.75) is 73.7 Å². The lowest BCUT2D eigenvalue weighted by Crippen LogP contribution is -2.53. The Kier molecular flexibility index (Phi) is 14.1. The fraction of sp³-hybridized carbons (Fsp3) is 0.429. The molecule has 0 saturated heterocycles. The van der Waals surface area contributed by atoms with Crippen molar-refractivity contribution in [2.75, 3.05) is 36.6 Å². The predicted octanol–water partition coefficient (Wildman–Crippen LogP) is 5.24. The number of unbranched alkanes of at least 4 members (excludes halogenated alkanes) is 2. The first kappa shape index (κ1) is 39.2. The minimum Gasteiger partial charge on any atom is -0.508 e. The van der Waals surface area contributed by atoms with Crippen LogP contribution in [0.15, 0.2) is 76.5 Å². The average molecular weight is 747 g/mol. The van der Waals surface area contributed by atoms with Gasteiger partial charge in [-0.05, 0) is 55.0 Å². The third kappa shape index (κ3) is 10.2. The summed E-state index contributed by atoms with van der Waals surface area (Å²) in [6.07, 6.45) is 6.73. The molecule has 12 nitrogen and oxygen atoms in total. The van der Waals surface area contributed by atoms with Gasteiger partial charge < -0.3 is 29.9 Å². The number of thioether (sulfide) groups is 1. The summed E-state index contributed by atoms with van der Waals surface area (Å²) in [6, 6.07) is 17.4. The molecule has 2 atom stereocenters. The number of nitrogens with zero attached hydrogens (tertiary/aromatic N) is 1. The van der Waals surface area contributed by atoms with Gasteiger partial charge in [-0.2, -0.15) is 0 Å². The Morgan fingerprint density at radius 3 is 2.32 bits per heavy atom. The largest absolute Gasteiger partial charge is 0.508 e. The van der Waals surface area contributed by atoms with Crippen molar-refractivity contribution >= 4 is 56.1 Å². The second kappa shape index (κ2) is 18.0. The first-order chi connectivity index (χ1) is 23.9. The number of anilines is 2. The number of phenols is 1. The molecule has 50 heavy (non-hydrogen) atoms. The van der Waals surface area contributed by atoms with E-state index in [0.29, 0.717) is 35.5 Å². The zero-order valence-electron chi connectivity index (χ0n) is 28.5. The molecule has 2 amide bonds. The highest BCUT2D eigenvalue weighted by atomic mass is 32.2. The molecular weight excluding hydrogens is 701 g/mol. The topological polar surface area (TPSA) is 174 Å². The Morgan fingerprint density at radius 2 is 1.72 bits per heavy atom. The molecule has 15 heteroatoms. The fourth-order valence-electron chi connectivity index (χ4n) is 5.92. The van der Waals surface area contributed by atoms with E-state index in [2.05, 4.69) is 34.1 Å². The molecular formula is C35H46N4O8S3. The summed E-state index contributed by atoms with van der Waals surface area (Å²) in [5.41, 5.74) is 1.01. The average Bonchev–Trinajstić information content (AvgIpc) is 3.19. The van der Waals surface area contributed by atoms with Crippen LogP contribution in [0.2, 0.25) is 0 Å². The zero-order chi connectivity index (χ0) is 36.3. The van der Waals surface area contributed by atoms with Gasteiger partial charge in [0.2, 0.25) is 15.9 Å². The van der Waals surface area contributed by atoms with E-state index < -0.39 is 51.1 Å². The number of amides is 2. The highest BCUT2D eigenvalue weighted by molar-refractivity contribution is 7.98. The highest BCUT2D eigenvalue weighted by Crippen LogP contribution is 2.44. The van der Waals surface area contributed by atoms with Crippen LogP contribution in [-0.2, 0) is 30.7 Å². The molecule has 272 valence electrons. The molecule has 3 aromatic rings. The summed E-state index contributed by atoms with van der Waals surface area (Å²) < 4.78 is 57.7. The molecule has 0 spiro atoms. The lowest BCUT2D eigenvalue weighted by atomic mass is 9.87. The number of rotatable bonds is 17. The SMILES string of the molecule is CCCCC1(CCCC)CN(c2ccccc2)c2cc(SC)c(OCC(=O)NC(C(=O)NCCS(=O)O)c3ccc(O)cc3)cc2S(=O)(=O)N1. The molecule has 1 aliphatic heterocycles. The molecule has 5 N–H and O–H groups in total. The summed E-state index contributed by atoms with van der Waals surface area (Å²) in [5, 5.41) is 14.9. The van der Waals surface area contributed by atoms with Gasteiger partial charge in [-0.25, -0.2) is 17.3 Å². The maximum atomic E-state index is 14.3. The van der Waals surface area contributed by atoms with Crippen LogP contribution in [0, 0.1) is 0 Å². The van der Waals surface area contributed by atoms with E-state index in [9.17, 15) is 27.3 Å². The number of aromatic hydroxyl groups is 1. The van der Waals surface area contributed by atoms with Gasteiger partial charge in [0.1, 0.15) is 22.4 Å². The van der Waals surface area contributed by atoms with Gasteiger partial charge >= 0.3 is 0 Å². The molecule has 1 aliphatic rings. The maximum Gasteiger partial charge on any atom is 0.258 e. The number of fused-ring (bicyclic) bond motifs is 1. The Labute approximate surface area is 301 Å². The standard InChI is InChI=1S/C35H46N4O8S3/c1-4-6-17-35(18-7-5-2)24-39(26-11-9-8-10-12-26)28-21-30(48-3)29(22-31(28)50(45,46)38-35)47-23-32(41)37-33(25-13-15-27(40)16-14-25)34(42)36-19-20-49(43)44/h8-16,21-22,33,38,40H,4-7,17-20,23-24H2,1-3H3,(H,36,42)(H,37,41)(H,43,44). The quantitative estimate of drug-likeness (QED) is 0.0909. The normalized spacial score (nSPS) is 16.0. The summed E-state index contributed by atoms with van der Waals surface area (Å²) >= 11 is -0.769.